The average molecular weight is 295 g/mol. The fraction of sp³-hybridized carbons (Fsp3) is 0.875. The molecule has 2 fully saturated rings. The van der Waals surface area contributed by atoms with Crippen LogP contribution in [0.25, 0.3) is 0 Å². The number of ether oxygens (including phenoxy) is 1. The summed E-state index contributed by atoms with van der Waals surface area (Å²) < 4.78 is 6.17. The summed E-state index contributed by atoms with van der Waals surface area (Å²) in [6.45, 7) is 6.32. The van der Waals surface area contributed by atoms with Gasteiger partial charge in [0.15, 0.2) is 0 Å². The van der Waals surface area contributed by atoms with Crippen LogP contribution in [0.15, 0.2) is 5.10 Å². The van der Waals surface area contributed by atoms with Gasteiger partial charge in [0.1, 0.15) is 0 Å². The number of likely N-dealkylation sites (tertiary alicyclic amines) is 1. The van der Waals surface area contributed by atoms with E-state index in [1.54, 1.807) is 0 Å². The highest BCUT2D eigenvalue weighted by molar-refractivity contribution is 5.92. The first-order valence-electron chi connectivity index (χ1n) is 8.26. The molecule has 2 heterocycles. The Morgan fingerprint density at radius 3 is 2.81 bits per heavy atom. The lowest BCUT2D eigenvalue weighted by Crippen LogP contribution is -2.42. The molecule has 5 nitrogen and oxygen atoms in total. The number of nitrogens with one attached hydrogen (secondary N) is 1. The Morgan fingerprint density at radius 1 is 1.43 bits per heavy atom. The standard InChI is InChI=1S/C16H29N3O2/c1-4-5-6-7-15(20)18-17-14-12-16(21-13(14)2)8-10-19(3)11-9-16/h13H,4-12H2,1-3H3,(H,18,20)/b17-14+. The van der Waals surface area contributed by atoms with E-state index in [0.29, 0.717) is 6.42 Å². The van der Waals surface area contributed by atoms with Crippen LogP contribution in [-0.2, 0) is 9.53 Å². The molecular weight excluding hydrogens is 266 g/mol. The number of amides is 1. The number of rotatable bonds is 5. The van der Waals surface area contributed by atoms with Gasteiger partial charge < -0.3 is 9.64 Å². The van der Waals surface area contributed by atoms with Crippen molar-refractivity contribution in [2.45, 2.75) is 70.5 Å². The predicted molar refractivity (Wildman–Crippen MR) is 84.3 cm³/mol. The summed E-state index contributed by atoms with van der Waals surface area (Å²) >= 11 is 0. The molecule has 0 saturated carbocycles. The molecule has 0 aromatic carbocycles. The van der Waals surface area contributed by atoms with Gasteiger partial charge in [-0.25, -0.2) is 5.43 Å². The van der Waals surface area contributed by atoms with Crippen LogP contribution in [0.5, 0.6) is 0 Å². The number of nitrogens with zero attached hydrogens (tertiary/aromatic N) is 2. The maximum absolute atomic E-state index is 11.7. The Labute approximate surface area is 128 Å². The van der Waals surface area contributed by atoms with Gasteiger partial charge in [0.25, 0.3) is 0 Å². The molecule has 1 amide bonds. The molecule has 1 N–H and O–H groups in total. The maximum atomic E-state index is 11.7. The van der Waals surface area contributed by atoms with Crippen molar-refractivity contribution in [2.75, 3.05) is 20.1 Å². The van der Waals surface area contributed by atoms with Crippen LogP contribution >= 0.6 is 0 Å². The van der Waals surface area contributed by atoms with Crippen molar-refractivity contribution >= 4 is 11.6 Å². The first-order chi connectivity index (χ1) is 10.0. The minimum absolute atomic E-state index is 0.0179. The number of carbonyl (C=O) groups is 1. The van der Waals surface area contributed by atoms with Crippen LogP contribution in [-0.4, -0.2) is 48.4 Å². The third-order valence-electron chi connectivity index (χ3n) is 4.63. The molecule has 5 heteroatoms. The molecule has 2 rings (SSSR count). The smallest absolute Gasteiger partial charge is 0.240 e. The molecule has 2 saturated heterocycles. The maximum Gasteiger partial charge on any atom is 0.240 e. The van der Waals surface area contributed by atoms with E-state index in [-0.39, 0.29) is 17.6 Å². The van der Waals surface area contributed by atoms with E-state index >= 15 is 0 Å². The Hall–Kier alpha value is -0.940. The minimum Gasteiger partial charge on any atom is -0.366 e. The second-order valence-electron chi connectivity index (χ2n) is 6.52. The molecule has 0 bridgehead atoms. The second kappa shape index (κ2) is 7.36. The highest BCUT2D eigenvalue weighted by Crippen LogP contribution is 2.37. The third kappa shape index (κ3) is 4.51. The van der Waals surface area contributed by atoms with Crippen molar-refractivity contribution in [2.24, 2.45) is 5.10 Å². The summed E-state index contributed by atoms with van der Waals surface area (Å²) in [5, 5.41) is 4.33. The number of piperidine rings is 1. The molecule has 1 atom stereocenters. The highest BCUT2D eigenvalue weighted by Gasteiger charge is 2.44. The van der Waals surface area contributed by atoms with E-state index in [9.17, 15) is 4.79 Å². The van der Waals surface area contributed by atoms with Crippen molar-refractivity contribution in [1.29, 1.82) is 0 Å². The summed E-state index contributed by atoms with van der Waals surface area (Å²) in [5.74, 6) is 0.0208. The van der Waals surface area contributed by atoms with Crippen LogP contribution in [0, 0.1) is 0 Å². The van der Waals surface area contributed by atoms with Crippen molar-refractivity contribution in [3.8, 4) is 0 Å². The number of hydrogen-bond donors (Lipinski definition) is 1. The van der Waals surface area contributed by atoms with Gasteiger partial charge in [-0.1, -0.05) is 19.8 Å². The summed E-state index contributed by atoms with van der Waals surface area (Å²) in [6, 6.07) is 0. The quantitative estimate of drug-likeness (QED) is 0.625. The molecule has 0 aromatic heterocycles. The topological polar surface area (TPSA) is 53.9 Å². The molecule has 0 aromatic rings. The highest BCUT2D eigenvalue weighted by atomic mass is 16.5. The zero-order valence-electron chi connectivity index (χ0n) is 13.7. The number of hydrazone groups is 1. The summed E-state index contributed by atoms with van der Waals surface area (Å²) in [4.78, 5) is 14.1. The third-order valence-corrected chi connectivity index (χ3v) is 4.63. The fourth-order valence-corrected chi connectivity index (χ4v) is 3.14. The lowest BCUT2D eigenvalue weighted by Gasteiger charge is -2.36. The van der Waals surface area contributed by atoms with Crippen molar-refractivity contribution in [3.63, 3.8) is 0 Å². The van der Waals surface area contributed by atoms with E-state index in [0.717, 1.165) is 57.3 Å². The lowest BCUT2D eigenvalue weighted by molar-refractivity contribution is -0.121. The first kappa shape index (κ1) is 16.4. The van der Waals surface area contributed by atoms with Gasteiger partial charge in [-0.15, -0.1) is 0 Å². The SMILES string of the molecule is CCCCCC(=O)N/N=C1\CC2(CCN(C)CC2)OC1C. The van der Waals surface area contributed by atoms with E-state index in [1.807, 2.05) is 6.92 Å². The Kier molecular flexibility index (Phi) is 5.76. The van der Waals surface area contributed by atoms with Gasteiger partial charge >= 0.3 is 0 Å². The van der Waals surface area contributed by atoms with Gasteiger partial charge in [0.05, 0.1) is 17.4 Å². The van der Waals surface area contributed by atoms with Crippen LogP contribution in [0.3, 0.4) is 0 Å². The van der Waals surface area contributed by atoms with Crippen molar-refractivity contribution < 1.29 is 9.53 Å². The summed E-state index contributed by atoms with van der Waals surface area (Å²) in [6.07, 6.45) is 6.71. The summed E-state index contributed by atoms with van der Waals surface area (Å²) in [7, 11) is 2.15. The minimum atomic E-state index is -0.0440. The molecule has 0 radical (unpaired) electrons. The second-order valence-corrected chi connectivity index (χ2v) is 6.52. The van der Waals surface area contributed by atoms with Crippen LogP contribution in [0.1, 0.15) is 58.8 Å². The fourth-order valence-electron chi connectivity index (χ4n) is 3.14. The number of unbranched alkanes of at least 4 members (excludes halogenated alkanes) is 2. The van der Waals surface area contributed by atoms with Crippen LogP contribution in [0.4, 0.5) is 0 Å². The average Bonchev–Trinajstić information content (AvgIpc) is 2.77. The van der Waals surface area contributed by atoms with E-state index in [1.165, 1.54) is 0 Å². The predicted octanol–water partition coefficient (Wildman–Crippen LogP) is 2.31. The molecule has 120 valence electrons. The largest absolute Gasteiger partial charge is 0.366 e. The normalized spacial score (nSPS) is 27.4. The monoisotopic (exact) mass is 295 g/mol. The van der Waals surface area contributed by atoms with Crippen molar-refractivity contribution in [1.82, 2.24) is 10.3 Å². The van der Waals surface area contributed by atoms with Crippen LogP contribution < -0.4 is 5.43 Å². The number of carbonyl (C=O) groups excluding carboxylic acids is 1. The zero-order valence-corrected chi connectivity index (χ0v) is 13.7. The lowest BCUT2D eigenvalue weighted by atomic mass is 9.88. The zero-order chi connectivity index (χ0) is 15.3. The molecule has 21 heavy (non-hydrogen) atoms. The molecule has 2 aliphatic heterocycles. The van der Waals surface area contributed by atoms with E-state index in [2.05, 4.69) is 29.4 Å². The Bertz CT molecular complexity index is 387. The van der Waals surface area contributed by atoms with Gasteiger partial charge in [-0.2, -0.15) is 5.10 Å². The summed E-state index contributed by atoms with van der Waals surface area (Å²) in [5.41, 5.74) is 3.65. The van der Waals surface area contributed by atoms with Gasteiger partial charge in [0, 0.05) is 25.9 Å². The molecular formula is C16H29N3O2. The molecule has 2 aliphatic rings. The molecule has 1 spiro atoms. The Morgan fingerprint density at radius 2 is 2.14 bits per heavy atom. The van der Waals surface area contributed by atoms with E-state index < -0.39 is 0 Å². The van der Waals surface area contributed by atoms with Gasteiger partial charge in [-0.3, -0.25) is 4.79 Å². The van der Waals surface area contributed by atoms with Gasteiger partial charge in [0.2, 0.25) is 5.91 Å². The van der Waals surface area contributed by atoms with Gasteiger partial charge in [-0.05, 0) is 33.2 Å². The van der Waals surface area contributed by atoms with Crippen LogP contribution in [0.2, 0.25) is 0 Å². The number of hydrogen-bond acceptors (Lipinski definition) is 4. The van der Waals surface area contributed by atoms with Crippen molar-refractivity contribution in [3.05, 3.63) is 0 Å². The first-order valence-corrected chi connectivity index (χ1v) is 8.26. The van der Waals surface area contributed by atoms with E-state index in [4.69, 9.17) is 4.74 Å². The molecule has 1 unspecified atom stereocenters. The Balaban J connectivity index is 1.83. The molecule has 0 aliphatic carbocycles.